The SMILES string of the molecule is CC[C@@H](CO)N1C(=O)[C@@H]2[C@H](C(=O)NCc3ccccc3)[C@]3(CC)CCC2(O3)C1C(=O)NCc1ccccc1. The van der Waals surface area contributed by atoms with Crippen LogP contribution in [0.1, 0.15) is 50.7 Å². The topological polar surface area (TPSA) is 108 Å². The van der Waals surface area contributed by atoms with Crippen molar-refractivity contribution in [3.05, 3.63) is 71.8 Å². The highest BCUT2D eigenvalue weighted by molar-refractivity contribution is 5.99. The fraction of sp³-hybridized carbons (Fsp3) is 0.500. The summed E-state index contributed by atoms with van der Waals surface area (Å²) < 4.78 is 6.77. The van der Waals surface area contributed by atoms with Gasteiger partial charge in [-0.1, -0.05) is 74.5 Å². The zero-order chi connectivity index (χ0) is 26.9. The number of carbonyl (C=O) groups is 3. The molecular weight excluding hydrogens is 482 g/mol. The summed E-state index contributed by atoms with van der Waals surface area (Å²) in [6, 6.07) is 17.8. The summed E-state index contributed by atoms with van der Waals surface area (Å²) in [4.78, 5) is 43.3. The van der Waals surface area contributed by atoms with E-state index in [0.29, 0.717) is 38.8 Å². The van der Waals surface area contributed by atoms with Crippen molar-refractivity contribution in [2.75, 3.05) is 6.61 Å². The molecule has 2 unspecified atom stereocenters. The van der Waals surface area contributed by atoms with E-state index in [2.05, 4.69) is 10.6 Å². The van der Waals surface area contributed by atoms with Gasteiger partial charge in [-0.2, -0.15) is 0 Å². The largest absolute Gasteiger partial charge is 0.394 e. The Kier molecular flexibility index (Phi) is 7.29. The summed E-state index contributed by atoms with van der Waals surface area (Å²) in [7, 11) is 0. The molecule has 202 valence electrons. The van der Waals surface area contributed by atoms with Gasteiger partial charge in [-0.25, -0.2) is 0 Å². The van der Waals surface area contributed by atoms with Crippen LogP contribution >= 0.6 is 0 Å². The van der Waals surface area contributed by atoms with E-state index in [1.807, 2.05) is 74.5 Å². The van der Waals surface area contributed by atoms with Crippen LogP contribution in [-0.4, -0.2) is 57.6 Å². The van der Waals surface area contributed by atoms with Crippen molar-refractivity contribution in [1.29, 1.82) is 0 Å². The number of hydrogen-bond acceptors (Lipinski definition) is 5. The highest BCUT2D eigenvalue weighted by Crippen LogP contribution is 2.64. The maximum Gasteiger partial charge on any atom is 0.246 e. The maximum atomic E-state index is 14.1. The van der Waals surface area contributed by atoms with E-state index >= 15 is 0 Å². The smallest absolute Gasteiger partial charge is 0.246 e. The molecule has 0 saturated carbocycles. The van der Waals surface area contributed by atoms with Gasteiger partial charge < -0.3 is 25.4 Å². The summed E-state index contributed by atoms with van der Waals surface area (Å²) in [6.45, 7) is 4.26. The van der Waals surface area contributed by atoms with Gasteiger partial charge in [-0.05, 0) is 36.8 Å². The van der Waals surface area contributed by atoms with Crippen molar-refractivity contribution in [2.24, 2.45) is 11.8 Å². The summed E-state index contributed by atoms with van der Waals surface area (Å²) in [5, 5.41) is 16.2. The third-order valence-electron chi connectivity index (χ3n) is 8.84. The molecule has 0 radical (unpaired) electrons. The van der Waals surface area contributed by atoms with E-state index in [4.69, 9.17) is 4.74 Å². The van der Waals surface area contributed by atoms with Gasteiger partial charge in [0.05, 0.1) is 30.1 Å². The molecular formula is C30H37N3O5. The van der Waals surface area contributed by atoms with E-state index in [9.17, 15) is 19.5 Å². The minimum atomic E-state index is -1.11. The van der Waals surface area contributed by atoms with Crippen LogP contribution in [0.15, 0.2) is 60.7 Å². The van der Waals surface area contributed by atoms with Crippen LogP contribution in [0.4, 0.5) is 0 Å². The number of nitrogens with one attached hydrogen (secondary N) is 2. The standard InChI is InChI=1S/C30H37N3O5/c1-3-22(19-34)33-25(27(36)32-18-21-13-9-6-10-14-21)30-16-15-29(4-2,38-30)23(24(30)28(33)37)26(35)31-17-20-11-7-5-8-12-20/h5-14,22-25,34H,3-4,15-19H2,1-2H3,(H,31,35)(H,32,36)/t22-,23+,24-,25?,29-,30?/m0/s1. The van der Waals surface area contributed by atoms with Gasteiger partial charge in [0.2, 0.25) is 17.7 Å². The predicted octanol–water partition coefficient (Wildman–Crippen LogP) is 2.54. The Morgan fingerprint density at radius 2 is 1.55 bits per heavy atom. The summed E-state index contributed by atoms with van der Waals surface area (Å²) in [5.41, 5.74) is 0.00551. The van der Waals surface area contributed by atoms with E-state index in [1.54, 1.807) is 0 Å². The number of ether oxygens (including phenoxy) is 1. The van der Waals surface area contributed by atoms with Crippen LogP contribution < -0.4 is 10.6 Å². The molecule has 2 aromatic rings. The van der Waals surface area contributed by atoms with Crippen LogP contribution in [-0.2, 0) is 32.2 Å². The van der Waals surface area contributed by atoms with Crippen molar-refractivity contribution >= 4 is 17.7 Å². The van der Waals surface area contributed by atoms with E-state index < -0.39 is 35.1 Å². The summed E-state index contributed by atoms with van der Waals surface area (Å²) in [6.07, 6.45) is 2.17. The van der Waals surface area contributed by atoms with E-state index in [1.165, 1.54) is 4.90 Å². The van der Waals surface area contributed by atoms with Gasteiger partial charge in [-0.3, -0.25) is 14.4 Å². The second kappa shape index (κ2) is 10.5. The molecule has 0 aromatic heterocycles. The summed E-state index contributed by atoms with van der Waals surface area (Å²) >= 11 is 0. The summed E-state index contributed by atoms with van der Waals surface area (Å²) in [5.74, 6) is -2.30. The Bertz CT molecular complexity index is 1170. The third kappa shape index (κ3) is 4.20. The predicted molar refractivity (Wildman–Crippen MR) is 141 cm³/mol. The first kappa shape index (κ1) is 26.4. The highest BCUT2D eigenvalue weighted by atomic mass is 16.5. The molecule has 3 amide bonds. The van der Waals surface area contributed by atoms with Gasteiger partial charge in [-0.15, -0.1) is 0 Å². The lowest BCUT2D eigenvalue weighted by Gasteiger charge is -2.37. The monoisotopic (exact) mass is 519 g/mol. The zero-order valence-electron chi connectivity index (χ0n) is 22.1. The minimum Gasteiger partial charge on any atom is -0.394 e. The third-order valence-corrected chi connectivity index (χ3v) is 8.84. The first-order valence-corrected chi connectivity index (χ1v) is 13.7. The molecule has 3 saturated heterocycles. The number of hydrogen-bond donors (Lipinski definition) is 3. The molecule has 38 heavy (non-hydrogen) atoms. The number of amides is 3. The Balaban J connectivity index is 1.47. The molecule has 5 rings (SSSR count). The van der Waals surface area contributed by atoms with Crippen molar-refractivity contribution in [2.45, 2.75) is 75.9 Å². The molecule has 6 atom stereocenters. The number of benzene rings is 2. The van der Waals surface area contributed by atoms with Gasteiger partial charge in [0.25, 0.3) is 0 Å². The molecule has 2 bridgehead atoms. The number of rotatable bonds is 10. The number of aliphatic hydroxyl groups excluding tert-OH is 1. The average molecular weight is 520 g/mol. The Labute approximate surface area is 223 Å². The van der Waals surface area contributed by atoms with E-state index in [0.717, 1.165) is 11.1 Å². The van der Waals surface area contributed by atoms with E-state index in [-0.39, 0.29) is 24.3 Å². The maximum absolute atomic E-state index is 14.1. The lowest BCUT2D eigenvalue weighted by Crippen LogP contribution is -2.57. The minimum absolute atomic E-state index is 0.224. The number of fused-ring (bicyclic) bond motifs is 1. The second-order valence-corrected chi connectivity index (χ2v) is 10.7. The fourth-order valence-electron chi connectivity index (χ4n) is 6.94. The number of aliphatic hydroxyl groups is 1. The molecule has 2 aromatic carbocycles. The molecule has 3 N–H and O–H groups in total. The normalized spacial score (nSPS) is 30.2. The quantitative estimate of drug-likeness (QED) is 0.447. The van der Waals surface area contributed by atoms with Crippen LogP contribution in [0.2, 0.25) is 0 Å². The fourth-order valence-corrected chi connectivity index (χ4v) is 6.94. The molecule has 0 aliphatic carbocycles. The van der Waals surface area contributed by atoms with Gasteiger partial charge in [0.1, 0.15) is 11.6 Å². The van der Waals surface area contributed by atoms with Crippen molar-refractivity contribution in [1.82, 2.24) is 15.5 Å². The van der Waals surface area contributed by atoms with Crippen LogP contribution in [0, 0.1) is 11.8 Å². The lowest BCUT2D eigenvalue weighted by molar-refractivity contribution is -0.151. The molecule has 3 aliphatic rings. The highest BCUT2D eigenvalue weighted by Gasteiger charge is 2.79. The molecule has 3 heterocycles. The van der Waals surface area contributed by atoms with Crippen LogP contribution in [0.3, 0.4) is 0 Å². The average Bonchev–Trinajstić information content (AvgIpc) is 3.56. The molecule has 8 heteroatoms. The molecule has 3 aliphatic heterocycles. The Hall–Kier alpha value is -3.23. The first-order chi connectivity index (χ1) is 18.4. The Morgan fingerprint density at radius 1 is 0.974 bits per heavy atom. The van der Waals surface area contributed by atoms with Gasteiger partial charge in [0, 0.05) is 13.1 Å². The Morgan fingerprint density at radius 3 is 2.08 bits per heavy atom. The molecule has 8 nitrogen and oxygen atoms in total. The second-order valence-electron chi connectivity index (χ2n) is 10.7. The van der Waals surface area contributed by atoms with Crippen LogP contribution in [0.25, 0.3) is 0 Å². The van der Waals surface area contributed by atoms with Crippen molar-refractivity contribution < 1.29 is 24.2 Å². The zero-order valence-corrected chi connectivity index (χ0v) is 22.1. The van der Waals surface area contributed by atoms with Crippen molar-refractivity contribution in [3.8, 4) is 0 Å². The number of likely N-dealkylation sites (tertiary alicyclic amines) is 1. The first-order valence-electron chi connectivity index (χ1n) is 13.7. The number of nitrogens with zero attached hydrogens (tertiary/aromatic N) is 1. The number of carbonyl (C=O) groups excluding carboxylic acids is 3. The molecule has 3 fully saturated rings. The van der Waals surface area contributed by atoms with Crippen molar-refractivity contribution in [3.63, 3.8) is 0 Å². The van der Waals surface area contributed by atoms with Gasteiger partial charge >= 0.3 is 0 Å². The molecule has 1 spiro atoms. The van der Waals surface area contributed by atoms with Crippen LogP contribution in [0.5, 0.6) is 0 Å². The lowest BCUT2D eigenvalue weighted by atomic mass is 9.65. The van der Waals surface area contributed by atoms with Gasteiger partial charge in [0.15, 0.2) is 0 Å².